The summed E-state index contributed by atoms with van der Waals surface area (Å²) in [6.45, 7) is -0.100. The first-order chi connectivity index (χ1) is 7.04. The second kappa shape index (κ2) is 4.89. The molecule has 0 aromatic heterocycles. The van der Waals surface area contributed by atoms with E-state index in [0.29, 0.717) is 16.5 Å². The third kappa shape index (κ3) is 3.02. The highest BCUT2D eigenvalue weighted by atomic mass is 35.5. The number of hydrogen-bond donors (Lipinski definition) is 1. The van der Waals surface area contributed by atoms with Crippen molar-refractivity contribution in [2.24, 2.45) is 0 Å². The lowest BCUT2D eigenvalue weighted by atomic mass is 10.2. The number of anilines is 1. The zero-order valence-electron chi connectivity index (χ0n) is 8.53. The molecule has 0 saturated carbocycles. The van der Waals surface area contributed by atoms with E-state index in [1.54, 1.807) is 30.1 Å². The topological polar surface area (TPSA) is 49.8 Å². The second-order valence-electron chi connectivity index (χ2n) is 3.07. The Hall–Kier alpha value is -1.42. The van der Waals surface area contributed by atoms with Crippen LogP contribution in [-0.4, -0.2) is 31.8 Å². The van der Waals surface area contributed by atoms with Crippen LogP contribution in [0.2, 0.25) is 5.02 Å². The summed E-state index contributed by atoms with van der Waals surface area (Å²) in [6, 6.07) is 5.07. The number of aliphatic carboxylic acids is 1. The Morgan fingerprint density at radius 2 is 2.27 bits per heavy atom. The first-order valence-electron chi connectivity index (χ1n) is 4.31. The SMILES string of the molecule is COc1ccc(Cl)cc1N(C)CC(=O)O. The van der Waals surface area contributed by atoms with Gasteiger partial charge in [-0.2, -0.15) is 0 Å². The third-order valence-electron chi connectivity index (χ3n) is 1.92. The maximum atomic E-state index is 10.6. The van der Waals surface area contributed by atoms with Gasteiger partial charge in [0, 0.05) is 12.1 Å². The number of carbonyl (C=O) groups is 1. The molecule has 0 fully saturated rings. The molecule has 1 aromatic carbocycles. The van der Waals surface area contributed by atoms with Crippen LogP contribution in [0.4, 0.5) is 5.69 Å². The molecule has 0 radical (unpaired) electrons. The number of rotatable bonds is 4. The maximum Gasteiger partial charge on any atom is 0.323 e. The number of benzene rings is 1. The predicted molar refractivity (Wildman–Crippen MR) is 58.9 cm³/mol. The lowest BCUT2D eigenvalue weighted by Gasteiger charge is -2.19. The molecule has 0 bridgehead atoms. The monoisotopic (exact) mass is 229 g/mol. The number of halogens is 1. The van der Waals surface area contributed by atoms with E-state index in [2.05, 4.69) is 0 Å². The average Bonchev–Trinajstić information content (AvgIpc) is 2.16. The number of carboxylic acid groups (broad SMARTS) is 1. The maximum absolute atomic E-state index is 10.6. The van der Waals surface area contributed by atoms with Gasteiger partial charge in [-0.1, -0.05) is 11.6 Å². The normalized spacial score (nSPS) is 9.80. The van der Waals surface area contributed by atoms with Gasteiger partial charge < -0.3 is 14.7 Å². The van der Waals surface area contributed by atoms with Crippen LogP contribution < -0.4 is 9.64 Å². The highest BCUT2D eigenvalue weighted by molar-refractivity contribution is 6.30. The number of likely N-dealkylation sites (N-methyl/N-ethyl adjacent to an activating group) is 1. The Balaban J connectivity index is 2.99. The van der Waals surface area contributed by atoms with Crippen LogP contribution in [0.25, 0.3) is 0 Å². The van der Waals surface area contributed by atoms with Crippen molar-refractivity contribution in [3.63, 3.8) is 0 Å². The van der Waals surface area contributed by atoms with Crippen LogP contribution in [0.5, 0.6) is 5.75 Å². The van der Waals surface area contributed by atoms with Gasteiger partial charge in [0.05, 0.1) is 12.8 Å². The Morgan fingerprint density at radius 3 is 2.80 bits per heavy atom. The lowest BCUT2D eigenvalue weighted by Crippen LogP contribution is -2.25. The minimum Gasteiger partial charge on any atom is -0.495 e. The van der Waals surface area contributed by atoms with Crippen LogP contribution in [0.15, 0.2) is 18.2 Å². The molecule has 5 heteroatoms. The van der Waals surface area contributed by atoms with Crippen molar-refractivity contribution < 1.29 is 14.6 Å². The molecule has 0 saturated heterocycles. The largest absolute Gasteiger partial charge is 0.495 e. The standard InChI is InChI=1S/C10H12ClNO3/c1-12(6-10(13)14)8-5-7(11)3-4-9(8)15-2/h3-5H,6H2,1-2H3,(H,13,14). The summed E-state index contributed by atoms with van der Waals surface area (Å²) in [5.41, 5.74) is 0.660. The van der Waals surface area contributed by atoms with Crippen molar-refractivity contribution in [2.75, 3.05) is 25.6 Å². The quantitative estimate of drug-likeness (QED) is 0.857. The Kier molecular flexibility index (Phi) is 3.80. The van der Waals surface area contributed by atoms with Crippen molar-refractivity contribution in [2.45, 2.75) is 0 Å². The van der Waals surface area contributed by atoms with Crippen molar-refractivity contribution in [1.82, 2.24) is 0 Å². The molecular weight excluding hydrogens is 218 g/mol. The van der Waals surface area contributed by atoms with Crippen LogP contribution in [-0.2, 0) is 4.79 Å². The first-order valence-corrected chi connectivity index (χ1v) is 4.69. The van der Waals surface area contributed by atoms with E-state index in [1.165, 1.54) is 7.11 Å². The van der Waals surface area contributed by atoms with Gasteiger partial charge in [0.25, 0.3) is 0 Å². The Labute approximate surface area is 93.0 Å². The summed E-state index contributed by atoms with van der Waals surface area (Å²) in [5, 5.41) is 9.21. The van der Waals surface area contributed by atoms with E-state index in [4.69, 9.17) is 21.4 Å². The van der Waals surface area contributed by atoms with Gasteiger partial charge in [-0.05, 0) is 18.2 Å². The van der Waals surface area contributed by atoms with Gasteiger partial charge in [0.1, 0.15) is 12.3 Å². The molecule has 4 nitrogen and oxygen atoms in total. The average molecular weight is 230 g/mol. The fourth-order valence-corrected chi connectivity index (χ4v) is 1.42. The third-order valence-corrected chi connectivity index (χ3v) is 2.16. The van der Waals surface area contributed by atoms with E-state index in [1.807, 2.05) is 0 Å². The van der Waals surface area contributed by atoms with E-state index in [0.717, 1.165) is 0 Å². The molecule has 0 amide bonds. The molecule has 0 aliphatic heterocycles. The summed E-state index contributed by atoms with van der Waals surface area (Å²) in [6.07, 6.45) is 0. The van der Waals surface area contributed by atoms with Crippen LogP contribution in [0.1, 0.15) is 0 Å². The molecule has 1 rings (SSSR count). The van der Waals surface area contributed by atoms with Gasteiger partial charge in [-0.15, -0.1) is 0 Å². The van der Waals surface area contributed by atoms with Gasteiger partial charge >= 0.3 is 5.97 Å². The lowest BCUT2D eigenvalue weighted by molar-refractivity contribution is -0.135. The molecule has 15 heavy (non-hydrogen) atoms. The molecule has 1 aromatic rings. The van der Waals surface area contributed by atoms with Crippen LogP contribution in [0.3, 0.4) is 0 Å². The number of carboxylic acids is 1. The van der Waals surface area contributed by atoms with Crippen LogP contribution in [0, 0.1) is 0 Å². The van der Waals surface area contributed by atoms with Crippen molar-refractivity contribution in [3.8, 4) is 5.75 Å². The summed E-state index contributed by atoms with van der Waals surface area (Å²) < 4.78 is 5.11. The Bertz CT molecular complexity index is 368. The highest BCUT2D eigenvalue weighted by Crippen LogP contribution is 2.30. The first kappa shape index (κ1) is 11.7. The molecule has 0 heterocycles. The van der Waals surface area contributed by atoms with Crippen molar-refractivity contribution in [1.29, 1.82) is 0 Å². The number of hydrogen-bond acceptors (Lipinski definition) is 3. The summed E-state index contributed by atoms with van der Waals surface area (Å²) in [7, 11) is 3.20. The molecule has 0 spiro atoms. The molecule has 1 N–H and O–H groups in total. The molecule has 0 aliphatic rings. The fraction of sp³-hybridized carbons (Fsp3) is 0.300. The van der Waals surface area contributed by atoms with E-state index in [-0.39, 0.29) is 6.54 Å². The smallest absolute Gasteiger partial charge is 0.323 e. The summed E-state index contributed by atoms with van der Waals surface area (Å²) >= 11 is 5.82. The predicted octanol–water partition coefficient (Wildman–Crippen LogP) is 1.87. The van der Waals surface area contributed by atoms with E-state index >= 15 is 0 Å². The number of methoxy groups -OCH3 is 1. The van der Waals surface area contributed by atoms with Gasteiger partial charge in [0.2, 0.25) is 0 Å². The van der Waals surface area contributed by atoms with Crippen LogP contribution >= 0.6 is 11.6 Å². The van der Waals surface area contributed by atoms with E-state index in [9.17, 15) is 4.79 Å². The zero-order valence-corrected chi connectivity index (χ0v) is 9.28. The molecule has 82 valence electrons. The summed E-state index contributed by atoms with van der Waals surface area (Å²) in [5.74, 6) is -0.303. The molecular formula is C10H12ClNO3. The highest BCUT2D eigenvalue weighted by Gasteiger charge is 2.11. The summed E-state index contributed by atoms with van der Waals surface area (Å²) in [4.78, 5) is 12.1. The number of ether oxygens (including phenoxy) is 1. The Morgan fingerprint density at radius 1 is 1.60 bits per heavy atom. The van der Waals surface area contributed by atoms with Gasteiger partial charge in [-0.3, -0.25) is 4.79 Å². The molecule has 0 unspecified atom stereocenters. The number of nitrogens with zero attached hydrogens (tertiary/aromatic N) is 1. The van der Waals surface area contributed by atoms with Crippen molar-refractivity contribution >= 4 is 23.3 Å². The zero-order chi connectivity index (χ0) is 11.4. The molecule has 0 aliphatic carbocycles. The fourth-order valence-electron chi connectivity index (χ4n) is 1.25. The van der Waals surface area contributed by atoms with E-state index < -0.39 is 5.97 Å². The van der Waals surface area contributed by atoms with Crippen molar-refractivity contribution in [3.05, 3.63) is 23.2 Å². The van der Waals surface area contributed by atoms with Gasteiger partial charge in [0.15, 0.2) is 0 Å². The minimum atomic E-state index is -0.903. The molecule has 0 atom stereocenters. The van der Waals surface area contributed by atoms with Gasteiger partial charge in [-0.25, -0.2) is 0 Å². The second-order valence-corrected chi connectivity index (χ2v) is 3.50. The minimum absolute atomic E-state index is 0.100.